The van der Waals surface area contributed by atoms with Gasteiger partial charge in [-0.25, -0.2) is 0 Å². The van der Waals surface area contributed by atoms with Crippen LogP contribution in [0.4, 0.5) is 0 Å². The van der Waals surface area contributed by atoms with Gasteiger partial charge in [-0.3, -0.25) is 9.79 Å². The summed E-state index contributed by atoms with van der Waals surface area (Å²) >= 11 is 0. The van der Waals surface area contributed by atoms with Gasteiger partial charge >= 0.3 is 0 Å². The fraction of sp³-hybridized carbons (Fsp3) is 0.125. The predicted octanol–water partition coefficient (Wildman–Crippen LogP) is 2.05. The number of carbonyl (C=O) groups is 1. The molecular formula is C16H16N2OS. The number of rotatable bonds is 1. The monoisotopic (exact) mass is 284 g/mol. The molecule has 0 fully saturated rings. The maximum absolute atomic E-state index is 11.9. The lowest BCUT2D eigenvalue weighted by Gasteiger charge is -2.09. The summed E-state index contributed by atoms with van der Waals surface area (Å²) in [5, 5.41) is 0. The second kappa shape index (κ2) is 6.03. The molecule has 4 heteroatoms. The quantitative estimate of drug-likeness (QED) is 0.871. The van der Waals surface area contributed by atoms with E-state index in [1.807, 2.05) is 54.6 Å². The third kappa shape index (κ3) is 2.66. The zero-order chi connectivity index (χ0) is 13.2. The molecule has 0 spiro atoms. The lowest BCUT2D eigenvalue weighted by molar-refractivity contribution is -0.119. The normalized spacial score (nSPS) is 17.6. The molecule has 0 radical (unpaired) electrons. The first-order valence-electron chi connectivity index (χ1n) is 6.25. The third-order valence-electron chi connectivity index (χ3n) is 3.28. The smallest absolute Gasteiger partial charge is 0.175 e. The zero-order valence-electron chi connectivity index (χ0n) is 10.9. The molecule has 1 atom stereocenters. The number of Topliss-reactive ketones (excluding diaryl/α,β-unsaturated/α-hetero) is 1. The van der Waals surface area contributed by atoms with Gasteiger partial charge < -0.3 is 5.73 Å². The molecule has 2 aromatic carbocycles. The molecule has 0 unspecified atom stereocenters. The number of benzene rings is 2. The highest BCUT2D eigenvalue weighted by Gasteiger charge is 2.22. The Kier molecular flexibility index (Phi) is 4.37. The Morgan fingerprint density at radius 1 is 1.00 bits per heavy atom. The van der Waals surface area contributed by atoms with Gasteiger partial charge in [-0.2, -0.15) is 13.5 Å². The van der Waals surface area contributed by atoms with Crippen molar-refractivity contribution >= 4 is 25.0 Å². The van der Waals surface area contributed by atoms with Crippen molar-refractivity contribution in [3.8, 4) is 0 Å². The van der Waals surface area contributed by atoms with Gasteiger partial charge in [-0.1, -0.05) is 54.6 Å². The van der Waals surface area contributed by atoms with Crippen LogP contribution in [-0.2, 0) is 11.2 Å². The molecule has 0 saturated carbocycles. The highest BCUT2D eigenvalue weighted by molar-refractivity contribution is 7.59. The van der Waals surface area contributed by atoms with Crippen LogP contribution in [0.1, 0.15) is 16.7 Å². The molecule has 0 aliphatic carbocycles. The number of hydrogen-bond donors (Lipinski definition) is 1. The second-order valence-electron chi connectivity index (χ2n) is 4.59. The summed E-state index contributed by atoms with van der Waals surface area (Å²) in [6.07, 6.45) is -0.431. The third-order valence-corrected chi connectivity index (χ3v) is 3.28. The van der Waals surface area contributed by atoms with Crippen molar-refractivity contribution in [2.75, 3.05) is 0 Å². The summed E-state index contributed by atoms with van der Waals surface area (Å²) in [6, 6.07) is 17.7. The molecular weight excluding hydrogens is 268 g/mol. The Balaban J connectivity index is 0.00000147. The van der Waals surface area contributed by atoms with Crippen LogP contribution in [0.5, 0.6) is 0 Å². The van der Waals surface area contributed by atoms with Crippen molar-refractivity contribution < 1.29 is 4.79 Å². The van der Waals surface area contributed by atoms with Gasteiger partial charge in [0.25, 0.3) is 0 Å². The van der Waals surface area contributed by atoms with Gasteiger partial charge in [0, 0.05) is 17.5 Å². The predicted molar refractivity (Wildman–Crippen MR) is 85.6 cm³/mol. The minimum atomic E-state index is -0.775. The molecule has 1 aliphatic heterocycles. The SMILES string of the molecule is N[C@H]1N=C(c2ccccc2)c2ccccc2CC1=O.S. The van der Waals surface area contributed by atoms with Crippen LogP contribution < -0.4 is 5.73 Å². The second-order valence-corrected chi connectivity index (χ2v) is 4.59. The van der Waals surface area contributed by atoms with E-state index in [0.717, 1.165) is 22.4 Å². The van der Waals surface area contributed by atoms with Gasteiger partial charge in [0.2, 0.25) is 0 Å². The number of carbonyl (C=O) groups excluding carboxylic acids is 1. The molecule has 0 bridgehead atoms. The Morgan fingerprint density at radius 3 is 2.40 bits per heavy atom. The zero-order valence-corrected chi connectivity index (χ0v) is 11.9. The number of aliphatic imine (C=N–C) groups is 1. The lowest BCUT2D eigenvalue weighted by atomic mass is 9.96. The minimum absolute atomic E-state index is 0. The molecule has 0 saturated heterocycles. The van der Waals surface area contributed by atoms with Crippen molar-refractivity contribution in [2.24, 2.45) is 10.7 Å². The number of ketones is 1. The fourth-order valence-corrected chi connectivity index (χ4v) is 2.30. The number of nitrogens with zero attached hydrogens (tertiary/aromatic N) is 1. The summed E-state index contributed by atoms with van der Waals surface area (Å²) in [6.45, 7) is 0. The number of nitrogens with two attached hydrogens (primary N) is 1. The molecule has 3 rings (SSSR count). The summed E-state index contributed by atoms with van der Waals surface area (Å²) in [4.78, 5) is 16.3. The van der Waals surface area contributed by atoms with Gasteiger partial charge in [0.05, 0.1) is 5.71 Å². The van der Waals surface area contributed by atoms with E-state index in [4.69, 9.17) is 5.73 Å². The van der Waals surface area contributed by atoms with E-state index in [9.17, 15) is 4.79 Å². The van der Waals surface area contributed by atoms with E-state index in [1.165, 1.54) is 0 Å². The van der Waals surface area contributed by atoms with Crippen LogP contribution in [0.15, 0.2) is 59.6 Å². The van der Waals surface area contributed by atoms with Crippen molar-refractivity contribution in [3.05, 3.63) is 71.3 Å². The summed E-state index contributed by atoms with van der Waals surface area (Å²) in [5.74, 6) is -0.0432. The average Bonchev–Trinajstić information content (AvgIpc) is 2.58. The van der Waals surface area contributed by atoms with Gasteiger partial charge in [-0.15, -0.1) is 0 Å². The molecule has 0 amide bonds. The van der Waals surface area contributed by atoms with Gasteiger partial charge in [-0.05, 0) is 5.56 Å². The van der Waals surface area contributed by atoms with Crippen molar-refractivity contribution in [1.82, 2.24) is 0 Å². The molecule has 20 heavy (non-hydrogen) atoms. The Bertz CT molecular complexity index is 653. The van der Waals surface area contributed by atoms with Gasteiger partial charge in [0.1, 0.15) is 0 Å². The summed E-state index contributed by atoms with van der Waals surface area (Å²) in [5.41, 5.74) is 9.62. The van der Waals surface area contributed by atoms with Crippen LogP contribution >= 0.6 is 13.5 Å². The van der Waals surface area contributed by atoms with Crippen molar-refractivity contribution in [1.29, 1.82) is 0 Å². The van der Waals surface area contributed by atoms with E-state index >= 15 is 0 Å². The van der Waals surface area contributed by atoms with E-state index in [2.05, 4.69) is 4.99 Å². The van der Waals surface area contributed by atoms with Gasteiger partial charge in [0.15, 0.2) is 11.9 Å². The molecule has 0 aromatic heterocycles. The average molecular weight is 284 g/mol. The standard InChI is InChI=1S/C16H14N2O.H2S/c17-16-14(19)10-12-8-4-5-9-13(12)15(18-16)11-6-2-1-3-7-11;/h1-9,16H,10,17H2;1H2/t16-;/m0./s1. The van der Waals surface area contributed by atoms with Crippen LogP contribution in [-0.4, -0.2) is 17.7 Å². The van der Waals surface area contributed by atoms with Crippen molar-refractivity contribution in [3.63, 3.8) is 0 Å². The molecule has 2 aromatic rings. The Labute approximate surface area is 125 Å². The van der Waals surface area contributed by atoms with E-state index in [-0.39, 0.29) is 19.3 Å². The number of fused-ring (bicyclic) bond motifs is 1. The molecule has 3 nitrogen and oxygen atoms in total. The lowest BCUT2D eigenvalue weighted by Crippen LogP contribution is -2.29. The topological polar surface area (TPSA) is 55.4 Å². The first-order chi connectivity index (χ1) is 9.25. The maximum atomic E-state index is 11.9. The minimum Gasteiger partial charge on any atom is -0.303 e. The highest BCUT2D eigenvalue weighted by Crippen LogP contribution is 2.20. The molecule has 1 heterocycles. The van der Waals surface area contributed by atoms with E-state index in [0.29, 0.717) is 6.42 Å². The maximum Gasteiger partial charge on any atom is 0.175 e. The first kappa shape index (κ1) is 14.5. The summed E-state index contributed by atoms with van der Waals surface area (Å²) in [7, 11) is 0. The van der Waals surface area contributed by atoms with E-state index in [1.54, 1.807) is 0 Å². The number of hydrogen-bond acceptors (Lipinski definition) is 3. The van der Waals surface area contributed by atoms with Crippen LogP contribution in [0, 0.1) is 0 Å². The summed E-state index contributed by atoms with van der Waals surface area (Å²) < 4.78 is 0. The molecule has 1 aliphatic rings. The Morgan fingerprint density at radius 2 is 1.65 bits per heavy atom. The first-order valence-corrected chi connectivity index (χ1v) is 6.25. The largest absolute Gasteiger partial charge is 0.303 e. The van der Waals surface area contributed by atoms with E-state index < -0.39 is 6.17 Å². The van der Waals surface area contributed by atoms with Crippen LogP contribution in [0.3, 0.4) is 0 Å². The van der Waals surface area contributed by atoms with Crippen LogP contribution in [0.2, 0.25) is 0 Å². The Hall–Kier alpha value is -1.91. The molecule has 2 N–H and O–H groups in total. The van der Waals surface area contributed by atoms with Crippen LogP contribution in [0.25, 0.3) is 0 Å². The fourth-order valence-electron chi connectivity index (χ4n) is 2.30. The van der Waals surface area contributed by atoms with Crippen molar-refractivity contribution in [2.45, 2.75) is 12.6 Å². The molecule has 102 valence electrons. The highest BCUT2D eigenvalue weighted by atomic mass is 32.1.